The van der Waals surface area contributed by atoms with E-state index in [1.54, 1.807) is 0 Å². The maximum Gasteiger partial charge on any atom is 0.0320 e. The number of rotatable bonds is 5. The van der Waals surface area contributed by atoms with Crippen molar-refractivity contribution in [2.24, 2.45) is 11.8 Å². The van der Waals surface area contributed by atoms with Gasteiger partial charge in [0.1, 0.15) is 0 Å². The van der Waals surface area contributed by atoms with Crippen molar-refractivity contribution in [1.29, 1.82) is 0 Å². The molecular formula is C11H21Si. The molecule has 0 fully saturated rings. The van der Waals surface area contributed by atoms with Gasteiger partial charge in [0, 0.05) is 10.2 Å². The van der Waals surface area contributed by atoms with Crippen molar-refractivity contribution in [3.05, 3.63) is 12.7 Å². The lowest BCUT2D eigenvalue weighted by Gasteiger charge is -2.37. The van der Waals surface area contributed by atoms with Crippen molar-refractivity contribution < 1.29 is 0 Å². The lowest BCUT2D eigenvalue weighted by molar-refractivity contribution is 0.295. The molecule has 0 saturated heterocycles. The van der Waals surface area contributed by atoms with E-state index in [0.717, 1.165) is 6.42 Å². The van der Waals surface area contributed by atoms with Crippen LogP contribution in [0, 0.1) is 11.8 Å². The summed E-state index contributed by atoms with van der Waals surface area (Å²) in [6.45, 7) is 12.9. The van der Waals surface area contributed by atoms with Crippen LogP contribution in [0.1, 0.15) is 40.5 Å². The van der Waals surface area contributed by atoms with Gasteiger partial charge in [-0.05, 0) is 29.7 Å². The lowest BCUT2D eigenvalue weighted by atomic mass is 9.80. The van der Waals surface area contributed by atoms with Gasteiger partial charge in [-0.1, -0.05) is 33.8 Å². The fraction of sp³-hybridized carbons (Fsp3) is 0.818. The maximum atomic E-state index is 3.92. The van der Waals surface area contributed by atoms with Crippen LogP contribution in [-0.2, 0) is 0 Å². The van der Waals surface area contributed by atoms with Gasteiger partial charge in [0.05, 0.1) is 0 Å². The average Bonchev–Trinajstić information content (AvgIpc) is 1.99. The maximum absolute atomic E-state index is 3.92. The summed E-state index contributed by atoms with van der Waals surface area (Å²) < 4.78 is 0. The molecule has 69 valence electrons. The summed E-state index contributed by atoms with van der Waals surface area (Å²) in [4.78, 5) is 0. The summed E-state index contributed by atoms with van der Waals surface area (Å²) in [6.07, 6.45) is 4.28. The molecule has 0 aliphatic rings. The van der Waals surface area contributed by atoms with Crippen molar-refractivity contribution >= 4 is 10.2 Å². The molecule has 0 unspecified atom stereocenters. The molecule has 0 aliphatic heterocycles. The first-order valence-electron chi connectivity index (χ1n) is 4.81. The Morgan fingerprint density at radius 3 is 1.92 bits per heavy atom. The van der Waals surface area contributed by atoms with E-state index < -0.39 is 0 Å². The van der Waals surface area contributed by atoms with Gasteiger partial charge in [0.2, 0.25) is 0 Å². The van der Waals surface area contributed by atoms with Crippen LogP contribution in [0.3, 0.4) is 0 Å². The summed E-state index contributed by atoms with van der Waals surface area (Å²) in [5.41, 5.74) is 0. The molecule has 1 heteroatoms. The first-order valence-corrected chi connectivity index (χ1v) is 5.31. The minimum atomic E-state index is 0.286. The standard InChI is InChI=1S/C11H21Si/c1-6-7-8-11(12,9(2)3)10(4)5/h6,9-10H,1,7-8H2,2-5H3. The fourth-order valence-electron chi connectivity index (χ4n) is 1.58. The molecule has 0 aromatic rings. The lowest BCUT2D eigenvalue weighted by Crippen LogP contribution is -2.25. The van der Waals surface area contributed by atoms with E-state index in [-0.39, 0.29) is 5.04 Å². The van der Waals surface area contributed by atoms with E-state index in [4.69, 9.17) is 0 Å². The predicted octanol–water partition coefficient (Wildman–Crippen LogP) is 3.59. The monoisotopic (exact) mass is 181 g/mol. The highest BCUT2D eigenvalue weighted by molar-refractivity contribution is 6.15. The Morgan fingerprint density at radius 1 is 1.25 bits per heavy atom. The van der Waals surface area contributed by atoms with Crippen molar-refractivity contribution in [3.63, 3.8) is 0 Å². The van der Waals surface area contributed by atoms with Crippen LogP contribution in [0.4, 0.5) is 0 Å². The normalized spacial score (nSPS) is 12.6. The second-order valence-corrected chi connectivity index (χ2v) is 5.11. The highest BCUT2D eigenvalue weighted by Crippen LogP contribution is 2.44. The molecule has 0 bridgehead atoms. The van der Waals surface area contributed by atoms with Gasteiger partial charge in [0.15, 0.2) is 0 Å². The molecule has 0 heterocycles. The topological polar surface area (TPSA) is 0 Å². The molecular weight excluding hydrogens is 160 g/mol. The molecule has 3 radical (unpaired) electrons. The van der Waals surface area contributed by atoms with E-state index in [9.17, 15) is 0 Å². The summed E-state index contributed by atoms with van der Waals surface area (Å²) >= 11 is 0. The van der Waals surface area contributed by atoms with Crippen LogP contribution in [0.2, 0.25) is 5.04 Å². The molecule has 0 aliphatic carbocycles. The quantitative estimate of drug-likeness (QED) is 0.449. The van der Waals surface area contributed by atoms with Gasteiger partial charge in [0.25, 0.3) is 0 Å². The molecule has 0 N–H and O–H groups in total. The fourth-order valence-corrected chi connectivity index (χ4v) is 1.73. The van der Waals surface area contributed by atoms with Gasteiger partial charge >= 0.3 is 0 Å². The Bertz CT molecular complexity index is 128. The zero-order chi connectivity index (χ0) is 9.78. The largest absolute Gasteiger partial charge is 0.103 e. The highest BCUT2D eigenvalue weighted by atomic mass is 28.1. The predicted molar refractivity (Wildman–Crippen MR) is 57.6 cm³/mol. The van der Waals surface area contributed by atoms with Gasteiger partial charge in [-0.3, -0.25) is 0 Å². The third kappa shape index (κ3) is 2.78. The van der Waals surface area contributed by atoms with Crippen molar-refractivity contribution in [2.45, 2.75) is 45.6 Å². The highest BCUT2D eigenvalue weighted by Gasteiger charge is 2.30. The Balaban J connectivity index is 4.28. The average molecular weight is 181 g/mol. The van der Waals surface area contributed by atoms with Gasteiger partial charge in [-0.15, -0.1) is 6.58 Å². The van der Waals surface area contributed by atoms with Gasteiger partial charge in [-0.25, -0.2) is 0 Å². The molecule has 0 aromatic heterocycles. The van der Waals surface area contributed by atoms with E-state index >= 15 is 0 Å². The molecule has 0 saturated carbocycles. The Labute approximate surface area is 80.9 Å². The van der Waals surface area contributed by atoms with E-state index in [1.165, 1.54) is 6.42 Å². The molecule has 0 amide bonds. The number of hydrogen-bond donors (Lipinski definition) is 0. The molecule has 12 heavy (non-hydrogen) atoms. The Kier molecular flexibility index (Phi) is 4.84. The van der Waals surface area contributed by atoms with Gasteiger partial charge < -0.3 is 0 Å². The first kappa shape index (κ1) is 12.0. The van der Waals surface area contributed by atoms with E-state index in [2.05, 4.69) is 44.5 Å². The van der Waals surface area contributed by atoms with Crippen molar-refractivity contribution in [2.75, 3.05) is 0 Å². The van der Waals surface area contributed by atoms with Crippen LogP contribution >= 0.6 is 0 Å². The van der Waals surface area contributed by atoms with Crippen LogP contribution in [0.25, 0.3) is 0 Å². The van der Waals surface area contributed by atoms with Crippen LogP contribution in [0.15, 0.2) is 12.7 Å². The number of allylic oxidation sites excluding steroid dienone is 1. The van der Waals surface area contributed by atoms with Crippen molar-refractivity contribution in [1.82, 2.24) is 0 Å². The third-order valence-corrected chi connectivity index (χ3v) is 4.23. The minimum Gasteiger partial charge on any atom is -0.103 e. The summed E-state index contributed by atoms with van der Waals surface area (Å²) in [5, 5.41) is 0.286. The van der Waals surface area contributed by atoms with Crippen LogP contribution in [-0.4, -0.2) is 10.2 Å². The van der Waals surface area contributed by atoms with Crippen LogP contribution < -0.4 is 0 Å². The van der Waals surface area contributed by atoms with E-state index in [1.807, 2.05) is 6.08 Å². The zero-order valence-electron chi connectivity index (χ0n) is 8.85. The molecule has 0 rings (SSSR count). The molecule has 0 atom stereocenters. The van der Waals surface area contributed by atoms with Gasteiger partial charge in [-0.2, -0.15) is 0 Å². The second-order valence-electron chi connectivity index (χ2n) is 4.18. The summed E-state index contributed by atoms with van der Waals surface area (Å²) in [6, 6.07) is 0. The Morgan fingerprint density at radius 2 is 1.67 bits per heavy atom. The Hall–Kier alpha value is -0.0431. The number of hydrogen-bond acceptors (Lipinski definition) is 0. The first-order chi connectivity index (χ1) is 5.45. The minimum absolute atomic E-state index is 0.286. The third-order valence-electron chi connectivity index (χ3n) is 2.82. The molecule has 0 spiro atoms. The smallest absolute Gasteiger partial charge is 0.0320 e. The summed E-state index contributed by atoms with van der Waals surface area (Å²) in [5.74, 6) is 1.35. The second kappa shape index (κ2) is 4.86. The van der Waals surface area contributed by atoms with E-state index in [0.29, 0.717) is 11.8 Å². The molecule has 0 nitrogen and oxygen atoms in total. The summed E-state index contributed by atoms with van der Waals surface area (Å²) in [7, 11) is 3.92. The zero-order valence-corrected chi connectivity index (χ0v) is 9.85. The molecule has 0 aromatic carbocycles. The van der Waals surface area contributed by atoms with Crippen LogP contribution in [0.5, 0.6) is 0 Å². The van der Waals surface area contributed by atoms with Crippen molar-refractivity contribution in [3.8, 4) is 0 Å². The SMILES string of the molecule is C=CCCC([Si])(C(C)C)C(C)C.